The lowest BCUT2D eigenvalue weighted by Gasteiger charge is -2.49. The van der Waals surface area contributed by atoms with Crippen LogP contribution in [-0.4, -0.2) is 97.4 Å². The molecule has 10 atom stereocenters. The maximum Gasteiger partial charge on any atom is 0.338 e. The second-order valence-corrected chi connectivity index (χ2v) is 19.7. The van der Waals surface area contributed by atoms with Gasteiger partial charge in [-0.25, -0.2) is 14.4 Å². The highest BCUT2D eigenvalue weighted by molar-refractivity contribution is 7.99. The predicted molar refractivity (Wildman–Crippen MR) is 289 cm³/mol. The van der Waals surface area contributed by atoms with Crippen LogP contribution in [0.3, 0.4) is 0 Å². The lowest BCUT2D eigenvalue weighted by molar-refractivity contribution is -0.355. The number of carbonyl (C=O) groups is 3. The summed E-state index contributed by atoms with van der Waals surface area (Å²) in [5.41, 5.74) is 3.49. The third kappa shape index (κ3) is 15.4. The van der Waals surface area contributed by atoms with Crippen LogP contribution in [0.25, 0.3) is 0 Å². The highest BCUT2D eigenvalue weighted by Crippen LogP contribution is 2.39. The highest BCUT2D eigenvalue weighted by Gasteiger charge is 2.56. The van der Waals surface area contributed by atoms with E-state index in [0.29, 0.717) is 11.3 Å². The van der Waals surface area contributed by atoms with Gasteiger partial charge in [-0.1, -0.05) is 183 Å². The number of benzene rings is 7. The SMILES string of the molecule is CCS[C@@H]1O[C@H](COC(=O)c2ccccc2)[C@H](O[C@H]2O[C@H](COCc3ccccc3)[C@H](OCc3ccccc3)[C@H](OCc3ccccc3)[C@H]2OCc2ccccc2)[C@H](OC(=O)c2ccccc2)[C@H]1OC(=O)c1ccccc1. The monoisotopic (exact) mass is 1060 g/mol. The molecule has 0 aromatic heterocycles. The molecule has 2 saturated heterocycles. The molecule has 2 heterocycles. The number of hydrogen-bond donors (Lipinski definition) is 0. The lowest BCUT2D eigenvalue weighted by atomic mass is 9.96. The van der Waals surface area contributed by atoms with Crippen LogP contribution in [-0.2, 0) is 73.8 Å². The third-order valence-corrected chi connectivity index (χ3v) is 14.0. The summed E-state index contributed by atoms with van der Waals surface area (Å²) in [6.45, 7) is 2.28. The molecule has 7 aromatic rings. The summed E-state index contributed by atoms with van der Waals surface area (Å²) in [5.74, 6) is -1.53. The van der Waals surface area contributed by atoms with E-state index in [4.69, 9.17) is 47.4 Å². The Hall–Kier alpha value is -6.98. The molecule has 0 spiro atoms. The summed E-state index contributed by atoms with van der Waals surface area (Å²) >= 11 is 1.33. The van der Waals surface area contributed by atoms with Crippen molar-refractivity contribution in [3.8, 4) is 0 Å². The van der Waals surface area contributed by atoms with E-state index in [2.05, 4.69) is 0 Å². The Bertz CT molecular complexity index is 2850. The fraction of sp³-hybridized carbons (Fsp3) is 0.286. The van der Waals surface area contributed by atoms with Crippen molar-refractivity contribution in [3.05, 3.63) is 251 Å². The van der Waals surface area contributed by atoms with Gasteiger partial charge in [0.15, 0.2) is 18.5 Å². The van der Waals surface area contributed by atoms with Gasteiger partial charge in [0.2, 0.25) is 0 Å². The van der Waals surface area contributed by atoms with Crippen molar-refractivity contribution in [2.24, 2.45) is 0 Å². The summed E-state index contributed by atoms with van der Waals surface area (Å²) < 4.78 is 67.9. The zero-order valence-corrected chi connectivity index (χ0v) is 43.5. The van der Waals surface area contributed by atoms with Crippen molar-refractivity contribution < 1.29 is 61.8 Å². The highest BCUT2D eigenvalue weighted by atomic mass is 32.2. The third-order valence-electron chi connectivity index (χ3n) is 12.9. The summed E-state index contributed by atoms with van der Waals surface area (Å²) in [7, 11) is 0. The van der Waals surface area contributed by atoms with Crippen molar-refractivity contribution in [3.63, 3.8) is 0 Å². The Balaban J connectivity index is 1.15. The Morgan fingerprint density at radius 1 is 0.403 bits per heavy atom. The Labute approximate surface area is 453 Å². The molecule has 0 unspecified atom stereocenters. The summed E-state index contributed by atoms with van der Waals surface area (Å²) in [4.78, 5) is 42.6. The van der Waals surface area contributed by atoms with Crippen molar-refractivity contribution in [2.75, 3.05) is 19.0 Å². The number of thioether (sulfide) groups is 1. The maximum absolute atomic E-state index is 14.5. The summed E-state index contributed by atoms with van der Waals surface area (Å²) in [5, 5.41) is 0. The zero-order chi connectivity index (χ0) is 53.0. The predicted octanol–water partition coefficient (Wildman–Crippen LogP) is 10.9. The van der Waals surface area contributed by atoms with E-state index < -0.39 is 78.5 Å². The zero-order valence-electron chi connectivity index (χ0n) is 42.6. The average Bonchev–Trinajstić information content (AvgIpc) is 3.52. The van der Waals surface area contributed by atoms with Gasteiger partial charge in [0.05, 0.1) is 49.7 Å². The van der Waals surface area contributed by atoms with E-state index in [1.165, 1.54) is 11.8 Å². The van der Waals surface area contributed by atoms with Crippen molar-refractivity contribution >= 4 is 29.7 Å². The fourth-order valence-corrected chi connectivity index (χ4v) is 10.0. The van der Waals surface area contributed by atoms with Crippen molar-refractivity contribution in [2.45, 2.75) is 93.9 Å². The molecule has 398 valence electrons. The van der Waals surface area contributed by atoms with Gasteiger partial charge >= 0.3 is 17.9 Å². The van der Waals surface area contributed by atoms with Crippen LogP contribution in [0.1, 0.15) is 60.3 Å². The quantitative estimate of drug-likeness (QED) is 0.0418. The van der Waals surface area contributed by atoms with Gasteiger partial charge < -0.3 is 47.4 Å². The normalized spacial score (nSPS) is 23.1. The van der Waals surface area contributed by atoms with Gasteiger partial charge in [-0.05, 0) is 64.4 Å². The number of esters is 3. The second kappa shape index (κ2) is 28.4. The number of carbonyl (C=O) groups excluding carboxylic acids is 3. The topological polar surface area (TPSA) is 144 Å². The Kier molecular flexibility index (Phi) is 20.2. The number of ether oxygens (including phenoxy) is 10. The lowest BCUT2D eigenvalue weighted by Crippen LogP contribution is -2.66. The number of hydrogen-bond acceptors (Lipinski definition) is 14. The van der Waals surface area contributed by atoms with Crippen LogP contribution in [0.4, 0.5) is 0 Å². The van der Waals surface area contributed by atoms with Crippen molar-refractivity contribution in [1.82, 2.24) is 0 Å². The van der Waals surface area contributed by atoms with Crippen molar-refractivity contribution in [1.29, 1.82) is 0 Å². The minimum atomic E-state index is -1.41. The molecule has 2 fully saturated rings. The first-order valence-electron chi connectivity index (χ1n) is 25.8. The Morgan fingerprint density at radius 2 is 0.792 bits per heavy atom. The molecule has 7 aromatic carbocycles. The van der Waals surface area contributed by atoms with Gasteiger partial charge in [-0.15, -0.1) is 11.8 Å². The van der Waals surface area contributed by atoms with Crippen LogP contribution in [0.2, 0.25) is 0 Å². The van der Waals surface area contributed by atoms with E-state index in [0.717, 1.165) is 22.3 Å². The maximum atomic E-state index is 14.5. The van der Waals surface area contributed by atoms with Gasteiger partial charge in [-0.2, -0.15) is 0 Å². The molecule has 77 heavy (non-hydrogen) atoms. The molecule has 0 bridgehead atoms. The van der Waals surface area contributed by atoms with Gasteiger partial charge in [0.1, 0.15) is 48.7 Å². The first kappa shape index (κ1) is 54.8. The molecule has 0 N–H and O–H groups in total. The van der Waals surface area contributed by atoms with E-state index in [9.17, 15) is 14.4 Å². The van der Waals surface area contributed by atoms with E-state index >= 15 is 0 Å². The van der Waals surface area contributed by atoms with Gasteiger partial charge in [0.25, 0.3) is 0 Å². The molecule has 13 nitrogen and oxygen atoms in total. The van der Waals surface area contributed by atoms with E-state index in [1.54, 1.807) is 91.0 Å². The average molecular weight is 1060 g/mol. The van der Waals surface area contributed by atoms with E-state index in [-0.39, 0.29) is 50.8 Å². The minimum Gasteiger partial charge on any atom is -0.459 e. The molecule has 2 aliphatic heterocycles. The summed E-state index contributed by atoms with van der Waals surface area (Å²) in [6.07, 6.45) is -10.3. The van der Waals surface area contributed by atoms with E-state index in [1.807, 2.05) is 128 Å². The molecular formula is C63H62O13S. The first-order valence-corrected chi connectivity index (χ1v) is 26.9. The largest absolute Gasteiger partial charge is 0.459 e. The fourth-order valence-electron chi connectivity index (χ4n) is 9.09. The molecule has 9 rings (SSSR count). The van der Waals surface area contributed by atoms with Crippen LogP contribution < -0.4 is 0 Å². The second-order valence-electron chi connectivity index (χ2n) is 18.4. The van der Waals surface area contributed by atoms with Gasteiger partial charge in [-0.3, -0.25) is 0 Å². The molecule has 0 aliphatic carbocycles. The molecule has 0 radical (unpaired) electrons. The molecule has 0 amide bonds. The Morgan fingerprint density at radius 3 is 1.26 bits per heavy atom. The molecule has 14 heteroatoms. The molecular weight excluding hydrogens is 997 g/mol. The van der Waals surface area contributed by atoms with Crippen LogP contribution >= 0.6 is 11.8 Å². The first-order chi connectivity index (χ1) is 37.9. The molecule has 0 saturated carbocycles. The van der Waals surface area contributed by atoms with Gasteiger partial charge in [0, 0.05) is 0 Å². The van der Waals surface area contributed by atoms with Crippen LogP contribution in [0.15, 0.2) is 212 Å². The minimum absolute atomic E-state index is 0.0169. The number of rotatable bonds is 24. The standard InChI is InChI=1S/C63H62O13S/c1-2-77-63-58(75-61(66)50-36-22-9-23-37-50)56(74-60(65)49-34-20-8-21-35-49)54(52(73-63)43-71-59(64)48-32-18-7-19-33-48)76-62-57(70-41-47-30-16-6-17-31-47)55(69-40-46-28-14-5-15-29-46)53(68-39-45-26-12-4-13-27-45)51(72-62)42-67-38-44-24-10-3-11-25-44/h3-37,51-58,62-63H,2,38-43H2,1H3/t51-,52-,53+,54+,55+,56+,57-,58-,62-,63+/m1/s1. The smallest absolute Gasteiger partial charge is 0.338 e. The van der Waals surface area contributed by atoms with Crippen LogP contribution in [0.5, 0.6) is 0 Å². The summed E-state index contributed by atoms with van der Waals surface area (Å²) in [6, 6.07) is 64.6. The molecule has 2 aliphatic rings. The van der Waals surface area contributed by atoms with Crippen LogP contribution in [0, 0.1) is 0 Å².